The number of thioether (sulfide) groups is 1. The first-order chi connectivity index (χ1) is 12.0. The molecule has 0 unspecified atom stereocenters. The van der Waals surface area contributed by atoms with Gasteiger partial charge in [-0.15, -0.1) is 11.8 Å². The average molecular weight is 381 g/mol. The molecule has 0 aliphatic rings. The first-order valence-electron chi connectivity index (χ1n) is 8.38. The van der Waals surface area contributed by atoms with Crippen LogP contribution in [-0.2, 0) is 19.1 Å². The molecule has 26 heavy (non-hydrogen) atoms. The third-order valence-electron chi connectivity index (χ3n) is 3.45. The fourth-order valence-corrected chi connectivity index (χ4v) is 2.57. The molecule has 2 amide bonds. The molecule has 0 saturated carbocycles. The zero-order valence-electron chi connectivity index (χ0n) is 16.3. The molecule has 0 atom stereocenters. The molecule has 7 heteroatoms. The van der Waals surface area contributed by atoms with E-state index in [0.717, 1.165) is 16.8 Å². The van der Waals surface area contributed by atoms with E-state index in [1.54, 1.807) is 0 Å². The molecule has 1 N–H and O–H groups in total. The summed E-state index contributed by atoms with van der Waals surface area (Å²) >= 11 is 1.45. The number of carbonyl (C=O) groups is 3. The standard InChI is InChI=1S/C19H28N2O4S/c1-13-7-8-14(2)15(9-13)20-16(22)10-21(6)17(23)11-25-18(24)12-26-19(3,4)5/h7-9H,10-12H2,1-6H3,(H,20,22). The van der Waals surface area contributed by atoms with Crippen molar-refractivity contribution < 1.29 is 19.1 Å². The normalized spacial score (nSPS) is 11.0. The van der Waals surface area contributed by atoms with E-state index in [2.05, 4.69) is 5.32 Å². The average Bonchev–Trinajstić information content (AvgIpc) is 2.53. The quantitative estimate of drug-likeness (QED) is 0.736. The summed E-state index contributed by atoms with van der Waals surface area (Å²) in [6.45, 7) is 9.36. The van der Waals surface area contributed by atoms with Gasteiger partial charge in [0.15, 0.2) is 6.61 Å². The van der Waals surface area contributed by atoms with Crippen molar-refractivity contribution in [2.75, 3.05) is 31.3 Å². The van der Waals surface area contributed by atoms with Crippen LogP contribution < -0.4 is 5.32 Å². The van der Waals surface area contributed by atoms with Crippen LogP contribution in [0.5, 0.6) is 0 Å². The Kier molecular flexibility index (Phi) is 8.14. The van der Waals surface area contributed by atoms with Gasteiger partial charge in [0.2, 0.25) is 5.91 Å². The van der Waals surface area contributed by atoms with Gasteiger partial charge in [0.1, 0.15) is 0 Å². The van der Waals surface area contributed by atoms with Crippen LogP contribution in [0, 0.1) is 13.8 Å². The van der Waals surface area contributed by atoms with Gasteiger partial charge < -0.3 is 15.0 Å². The molecule has 6 nitrogen and oxygen atoms in total. The summed E-state index contributed by atoms with van der Waals surface area (Å²) in [6, 6.07) is 5.77. The van der Waals surface area contributed by atoms with Gasteiger partial charge in [-0.25, -0.2) is 0 Å². The first-order valence-corrected chi connectivity index (χ1v) is 9.37. The van der Waals surface area contributed by atoms with E-state index in [9.17, 15) is 14.4 Å². The number of nitrogens with one attached hydrogen (secondary N) is 1. The number of amides is 2. The molecule has 1 rings (SSSR count). The molecule has 1 aromatic carbocycles. The van der Waals surface area contributed by atoms with E-state index in [1.807, 2.05) is 52.8 Å². The highest BCUT2D eigenvalue weighted by atomic mass is 32.2. The van der Waals surface area contributed by atoms with E-state index in [-0.39, 0.29) is 29.6 Å². The Morgan fingerprint density at radius 2 is 1.85 bits per heavy atom. The number of hydrogen-bond donors (Lipinski definition) is 1. The smallest absolute Gasteiger partial charge is 0.316 e. The Morgan fingerprint density at radius 1 is 1.19 bits per heavy atom. The van der Waals surface area contributed by atoms with Gasteiger partial charge in [-0.3, -0.25) is 14.4 Å². The van der Waals surface area contributed by atoms with Crippen LogP contribution in [0.1, 0.15) is 31.9 Å². The predicted octanol–water partition coefficient (Wildman–Crippen LogP) is 2.78. The second kappa shape index (κ2) is 9.62. The predicted molar refractivity (Wildman–Crippen MR) is 105 cm³/mol. The van der Waals surface area contributed by atoms with Gasteiger partial charge in [0, 0.05) is 17.5 Å². The van der Waals surface area contributed by atoms with E-state index in [1.165, 1.54) is 23.7 Å². The van der Waals surface area contributed by atoms with Crippen molar-refractivity contribution in [3.8, 4) is 0 Å². The lowest BCUT2D eigenvalue weighted by Gasteiger charge is -2.18. The van der Waals surface area contributed by atoms with Gasteiger partial charge in [0.25, 0.3) is 5.91 Å². The number of ether oxygens (including phenoxy) is 1. The van der Waals surface area contributed by atoms with Gasteiger partial charge in [-0.05, 0) is 31.0 Å². The van der Waals surface area contributed by atoms with E-state index >= 15 is 0 Å². The number of anilines is 1. The Bertz CT molecular complexity index is 668. The van der Waals surface area contributed by atoms with Gasteiger partial charge in [0.05, 0.1) is 12.3 Å². The van der Waals surface area contributed by atoms with Crippen LogP contribution in [-0.4, -0.2) is 53.4 Å². The Hall–Kier alpha value is -2.02. The monoisotopic (exact) mass is 380 g/mol. The highest BCUT2D eigenvalue weighted by Crippen LogP contribution is 2.22. The summed E-state index contributed by atoms with van der Waals surface area (Å²) in [7, 11) is 1.50. The number of esters is 1. The van der Waals surface area contributed by atoms with Crippen molar-refractivity contribution in [2.24, 2.45) is 0 Å². The Morgan fingerprint density at radius 3 is 2.46 bits per heavy atom. The minimum Gasteiger partial charge on any atom is -0.455 e. The van der Waals surface area contributed by atoms with E-state index in [0.29, 0.717) is 0 Å². The van der Waals surface area contributed by atoms with E-state index in [4.69, 9.17) is 4.74 Å². The number of hydrogen-bond acceptors (Lipinski definition) is 5. The van der Waals surface area contributed by atoms with Crippen molar-refractivity contribution in [3.63, 3.8) is 0 Å². The van der Waals surface area contributed by atoms with Crippen LogP contribution >= 0.6 is 11.8 Å². The van der Waals surface area contributed by atoms with Crippen LogP contribution in [0.15, 0.2) is 18.2 Å². The number of aryl methyl sites for hydroxylation is 2. The third kappa shape index (κ3) is 8.38. The largest absolute Gasteiger partial charge is 0.455 e. The summed E-state index contributed by atoms with van der Waals surface area (Å²) in [5, 5.41) is 2.79. The van der Waals surface area contributed by atoms with Crippen LogP contribution in [0.2, 0.25) is 0 Å². The lowest BCUT2D eigenvalue weighted by atomic mass is 10.1. The summed E-state index contributed by atoms with van der Waals surface area (Å²) in [5.74, 6) is -0.973. The van der Waals surface area contributed by atoms with Crippen LogP contribution in [0.4, 0.5) is 5.69 Å². The lowest BCUT2D eigenvalue weighted by molar-refractivity contribution is -0.149. The SMILES string of the molecule is Cc1ccc(C)c(NC(=O)CN(C)C(=O)COC(=O)CSC(C)(C)C)c1. The molecule has 0 radical (unpaired) electrons. The molecule has 0 aliphatic carbocycles. The summed E-state index contributed by atoms with van der Waals surface area (Å²) in [6.07, 6.45) is 0. The molecule has 0 aromatic heterocycles. The molecular weight excluding hydrogens is 352 g/mol. The van der Waals surface area contributed by atoms with Crippen LogP contribution in [0.25, 0.3) is 0 Å². The molecule has 144 valence electrons. The Balaban J connectivity index is 2.42. The maximum Gasteiger partial charge on any atom is 0.316 e. The number of rotatable bonds is 7. The summed E-state index contributed by atoms with van der Waals surface area (Å²) in [4.78, 5) is 37.0. The molecule has 0 heterocycles. The van der Waals surface area contributed by atoms with Gasteiger partial charge in [-0.1, -0.05) is 32.9 Å². The molecular formula is C19H28N2O4S. The number of likely N-dealkylation sites (N-methyl/N-ethyl adjacent to an activating group) is 1. The second-order valence-electron chi connectivity index (χ2n) is 7.18. The first kappa shape index (κ1) is 22.0. The van der Waals surface area contributed by atoms with Crippen molar-refractivity contribution in [1.29, 1.82) is 0 Å². The van der Waals surface area contributed by atoms with Crippen molar-refractivity contribution >= 4 is 35.2 Å². The third-order valence-corrected chi connectivity index (χ3v) is 4.70. The minimum atomic E-state index is -0.438. The van der Waals surface area contributed by atoms with E-state index < -0.39 is 11.9 Å². The number of carbonyl (C=O) groups excluding carboxylic acids is 3. The molecule has 0 spiro atoms. The maximum atomic E-state index is 12.1. The molecule has 0 saturated heterocycles. The number of benzene rings is 1. The lowest BCUT2D eigenvalue weighted by Crippen LogP contribution is -2.37. The van der Waals surface area contributed by atoms with Crippen molar-refractivity contribution in [1.82, 2.24) is 4.90 Å². The highest BCUT2D eigenvalue weighted by molar-refractivity contribution is 8.01. The summed E-state index contributed by atoms with van der Waals surface area (Å²) < 4.78 is 4.92. The summed E-state index contributed by atoms with van der Waals surface area (Å²) in [5.41, 5.74) is 2.71. The topological polar surface area (TPSA) is 75.7 Å². The van der Waals surface area contributed by atoms with Crippen molar-refractivity contribution in [3.05, 3.63) is 29.3 Å². The zero-order valence-corrected chi connectivity index (χ0v) is 17.2. The van der Waals surface area contributed by atoms with Crippen LogP contribution in [0.3, 0.4) is 0 Å². The fraction of sp³-hybridized carbons (Fsp3) is 0.526. The second-order valence-corrected chi connectivity index (χ2v) is 8.98. The molecule has 0 aliphatic heterocycles. The van der Waals surface area contributed by atoms with Gasteiger partial charge >= 0.3 is 5.97 Å². The highest BCUT2D eigenvalue weighted by Gasteiger charge is 2.18. The minimum absolute atomic E-state index is 0.0498. The Labute approximate surface area is 159 Å². The zero-order chi connectivity index (χ0) is 19.9. The molecule has 0 bridgehead atoms. The number of nitrogens with zero attached hydrogens (tertiary/aromatic N) is 1. The van der Waals surface area contributed by atoms with Gasteiger partial charge in [-0.2, -0.15) is 0 Å². The maximum absolute atomic E-state index is 12.1. The molecule has 1 aromatic rings. The fourth-order valence-electron chi connectivity index (χ4n) is 1.93. The van der Waals surface area contributed by atoms with Crippen molar-refractivity contribution in [2.45, 2.75) is 39.4 Å². The molecule has 0 fully saturated rings.